The molecule has 0 fully saturated rings. The van der Waals surface area contributed by atoms with Crippen molar-refractivity contribution < 1.29 is 23.9 Å². The van der Waals surface area contributed by atoms with Crippen LogP contribution in [0.4, 0.5) is 16.2 Å². The lowest BCUT2D eigenvalue weighted by Gasteiger charge is -2.29. The second-order valence-corrected chi connectivity index (χ2v) is 8.94. The van der Waals surface area contributed by atoms with Crippen molar-refractivity contribution in [3.05, 3.63) is 81.3 Å². The van der Waals surface area contributed by atoms with Gasteiger partial charge in [-0.2, -0.15) is 10.4 Å². The minimum atomic E-state index is -1.37. The van der Waals surface area contributed by atoms with Crippen LogP contribution in [0.5, 0.6) is 11.5 Å². The summed E-state index contributed by atoms with van der Waals surface area (Å²) in [4.78, 5) is 37.1. The average molecular weight is 552 g/mol. The Morgan fingerprint density at radius 2 is 1.79 bits per heavy atom. The lowest BCUT2D eigenvalue weighted by atomic mass is 9.98. The Kier molecular flexibility index (Phi) is 7.81. The lowest BCUT2D eigenvalue weighted by molar-refractivity contribution is -0.129. The molecule has 1 heterocycles. The fourth-order valence-electron chi connectivity index (χ4n) is 3.72. The lowest BCUT2D eigenvalue weighted by Crippen LogP contribution is -2.37. The maximum Gasteiger partial charge on any atom is 0.412 e. The second-order valence-electron chi connectivity index (χ2n) is 8.12. The van der Waals surface area contributed by atoms with E-state index in [4.69, 9.17) is 38.9 Å². The average Bonchev–Trinajstić information content (AvgIpc) is 2.87. The van der Waals surface area contributed by atoms with Gasteiger partial charge in [-0.25, -0.2) is 9.59 Å². The molecule has 0 aromatic heterocycles. The third-order valence-electron chi connectivity index (χ3n) is 5.51. The summed E-state index contributed by atoms with van der Waals surface area (Å²) in [6.07, 6.45) is -0.742. The summed E-state index contributed by atoms with van der Waals surface area (Å²) in [5.74, 6) is -0.827. The predicted molar refractivity (Wildman–Crippen MR) is 142 cm³/mol. The molecule has 3 N–H and O–H groups in total. The number of carbonyl (C=O) groups is 3. The molecule has 38 heavy (non-hydrogen) atoms. The van der Waals surface area contributed by atoms with Crippen molar-refractivity contribution in [3.8, 4) is 17.6 Å². The molecule has 0 radical (unpaired) electrons. The molecule has 0 spiro atoms. The van der Waals surface area contributed by atoms with E-state index >= 15 is 0 Å². The first kappa shape index (κ1) is 26.5. The molecule has 0 atom stereocenters. The summed E-state index contributed by atoms with van der Waals surface area (Å²) in [7, 11) is 0. The third kappa shape index (κ3) is 5.86. The van der Waals surface area contributed by atoms with Gasteiger partial charge in [0.15, 0.2) is 5.75 Å². The van der Waals surface area contributed by atoms with Crippen LogP contribution < -0.4 is 20.8 Å². The Labute approximate surface area is 227 Å². The molecule has 192 valence electrons. The van der Waals surface area contributed by atoms with Crippen LogP contribution in [-0.2, 0) is 16.0 Å². The molecule has 2 amide bonds. The Morgan fingerprint density at radius 1 is 1.11 bits per heavy atom. The van der Waals surface area contributed by atoms with Gasteiger partial charge < -0.3 is 20.1 Å². The van der Waals surface area contributed by atoms with E-state index in [-0.39, 0.29) is 27.4 Å². The van der Waals surface area contributed by atoms with E-state index in [0.717, 1.165) is 16.8 Å². The number of anilines is 2. The molecule has 0 aliphatic carbocycles. The summed E-state index contributed by atoms with van der Waals surface area (Å²) in [6, 6.07) is 17.2. The number of nitrogens with one attached hydrogen (secondary N) is 1. The smallest absolute Gasteiger partial charge is 0.412 e. The first-order chi connectivity index (χ1) is 18.2. The number of esters is 1. The summed E-state index contributed by atoms with van der Waals surface area (Å²) in [6.45, 7) is 2.52. The minimum Gasteiger partial charge on any atom is -0.454 e. The molecule has 3 aromatic rings. The molecular weight excluding hydrogens is 533 g/mol. The van der Waals surface area contributed by atoms with Crippen LogP contribution in [0.3, 0.4) is 0 Å². The van der Waals surface area contributed by atoms with Crippen molar-refractivity contribution in [2.24, 2.45) is 10.8 Å². The first-order valence-electron chi connectivity index (χ1n) is 11.1. The van der Waals surface area contributed by atoms with Gasteiger partial charge in [0.05, 0.1) is 15.7 Å². The largest absolute Gasteiger partial charge is 0.454 e. The summed E-state index contributed by atoms with van der Waals surface area (Å²) >= 11 is 12.7. The maximum absolute atomic E-state index is 13.1. The van der Waals surface area contributed by atoms with E-state index in [0.29, 0.717) is 24.3 Å². The molecule has 1 aliphatic heterocycles. The van der Waals surface area contributed by atoms with Gasteiger partial charge in [0, 0.05) is 17.8 Å². The number of aryl methyl sites for hydroxylation is 1. The fourth-order valence-corrected chi connectivity index (χ4v) is 4.28. The highest BCUT2D eigenvalue weighted by atomic mass is 35.5. The van der Waals surface area contributed by atoms with Crippen molar-refractivity contribution in [3.63, 3.8) is 0 Å². The topological polar surface area (TPSA) is 147 Å². The van der Waals surface area contributed by atoms with Crippen LogP contribution in [0.15, 0.2) is 59.7 Å². The summed E-state index contributed by atoms with van der Waals surface area (Å²) in [5, 5.41) is 12.8. The Bertz CT molecular complexity index is 1490. The zero-order valence-corrected chi connectivity index (χ0v) is 21.3. The molecule has 0 unspecified atom stereocenters. The first-order valence-corrected chi connectivity index (χ1v) is 11.9. The van der Waals surface area contributed by atoms with Gasteiger partial charge in [0.2, 0.25) is 5.71 Å². The van der Waals surface area contributed by atoms with Crippen LogP contribution in [0.2, 0.25) is 10.0 Å². The molecule has 4 rings (SSSR count). The van der Waals surface area contributed by atoms with E-state index in [1.54, 1.807) is 23.1 Å². The number of nitrogens with zero attached hydrogens (tertiary/aromatic N) is 3. The highest BCUT2D eigenvalue weighted by molar-refractivity contribution is 6.44. The van der Waals surface area contributed by atoms with Crippen molar-refractivity contribution in [2.45, 2.75) is 13.3 Å². The number of halogens is 2. The van der Waals surface area contributed by atoms with E-state index in [2.05, 4.69) is 15.3 Å². The molecule has 12 heteroatoms. The Morgan fingerprint density at radius 3 is 2.42 bits per heavy atom. The molecular formula is C26H19Cl2N5O5. The van der Waals surface area contributed by atoms with E-state index in [9.17, 15) is 14.4 Å². The van der Waals surface area contributed by atoms with E-state index < -0.39 is 17.8 Å². The molecule has 1 aliphatic rings. The van der Waals surface area contributed by atoms with Crippen LogP contribution in [-0.4, -0.2) is 30.2 Å². The van der Waals surface area contributed by atoms with Crippen molar-refractivity contribution in [2.75, 3.05) is 16.9 Å². The van der Waals surface area contributed by atoms with Gasteiger partial charge in [-0.05, 0) is 61.4 Å². The number of nitriles is 1. The number of benzene rings is 3. The standard InChI is InChI=1S/C26H19Cl2N5O5/c1-14-2-4-17(5-3-14)33-9-8-15-10-18(6-7-19(15)24(33)34)37-23-20(27)11-16(12-21(23)28)31-32-22(13-29)25(35)38-26(30)36/h2-7,10-12,31H,8-9H2,1H3,(H2,30,36). The fraction of sp³-hybridized carbons (Fsp3) is 0.115. The number of fused-ring (bicyclic) bond motifs is 1. The zero-order chi connectivity index (χ0) is 27.4. The number of amides is 2. The van der Waals surface area contributed by atoms with Crippen LogP contribution in [0, 0.1) is 18.3 Å². The number of hydrogen-bond donors (Lipinski definition) is 2. The van der Waals surface area contributed by atoms with Crippen molar-refractivity contribution >= 4 is 58.3 Å². The number of hydrazone groups is 1. The second kappa shape index (κ2) is 11.2. The number of primary amides is 1. The van der Waals surface area contributed by atoms with Gasteiger partial charge in [0.25, 0.3) is 5.91 Å². The van der Waals surface area contributed by atoms with E-state index in [1.165, 1.54) is 18.2 Å². The van der Waals surface area contributed by atoms with Gasteiger partial charge in [-0.3, -0.25) is 10.2 Å². The quantitative estimate of drug-likeness (QED) is 0.185. The van der Waals surface area contributed by atoms with Gasteiger partial charge in [-0.15, -0.1) is 0 Å². The van der Waals surface area contributed by atoms with Gasteiger partial charge >= 0.3 is 12.1 Å². The van der Waals surface area contributed by atoms with Crippen LogP contribution in [0.25, 0.3) is 0 Å². The summed E-state index contributed by atoms with van der Waals surface area (Å²) in [5.41, 5.74) is 10.0. The SMILES string of the molecule is Cc1ccc(N2CCc3cc(Oc4c(Cl)cc(NN=C(C#N)C(=O)OC(N)=O)cc4Cl)ccc3C2=O)cc1. The molecule has 3 aromatic carbocycles. The number of hydrogen-bond acceptors (Lipinski definition) is 8. The highest BCUT2D eigenvalue weighted by Gasteiger charge is 2.26. The number of rotatable bonds is 6. The normalized spacial score (nSPS) is 12.8. The van der Waals surface area contributed by atoms with Gasteiger partial charge in [-0.1, -0.05) is 40.9 Å². The minimum absolute atomic E-state index is 0.0925. The summed E-state index contributed by atoms with van der Waals surface area (Å²) < 4.78 is 10.0. The van der Waals surface area contributed by atoms with Crippen molar-refractivity contribution in [1.82, 2.24) is 0 Å². The van der Waals surface area contributed by atoms with Crippen LogP contribution in [0.1, 0.15) is 21.5 Å². The Hall–Kier alpha value is -4.59. The number of ether oxygens (including phenoxy) is 2. The molecule has 10 nitrogen and oxygen atoms in total. The van der Waals surface area contributed by atoms with Gasteiger partial charge in [0.1, 0.15) is 11.8 Å². The maximum atomic E-state index is 13.1. The molecule has 0 bridgehead atoms. The monoisotopic (exact) mass is 551 g/mol. The van der Waals surface area contributed by atoms with E-state index in [1.807, 2.05) is 31.2 Å². The Balaban J connectivity index is 1.50. The molecule has 0 saturated heterocycles. The zero-order valence-electron chi connectivity index (χ0n) is 19.8. The van der Waals surface area contributed by atoms with Crippen LogP contribution >= 0.6 is 23.2 Å². The predicted octanol–water partition coefficient (Wildman–Crippen LogP) is 5.21. The number of nitrogens with two attached hydrogens (primary N) is 1. The van der Waals surface area contributed by atoms with Crippen molar-refractivity contribution in [1.29, 1.82) is 5.26 Å². The number of carbonyl (C=O) groups excluding carboxylic acids is 3. The highest BCUT2D eigenvalue weighted by Crippen LogP contribution is 2.39. The molecule has 0 saturated carbocycles. The third-order valence-corrected chi connectivity index (χ3v) is 6.07.